The molecule has 3 nitrogen and oxygen atoms in total. The topological polar surface area (TPSA) is 41.5 Å². The monoisotopic (exact) mass is 289 g/mol. The van der Waals surface area contributed by atoms with E-state index in [0.29, 0.717) is 12.2 Å². The number of hydrogen-bond acceptors (Lipinski definition) is 3. The van der Waals surface area contributed by atoms with Crippen molar-refractivity contribution in [2.75, 3.05) is 11.9 Å². The van der Waals surface area contributed by atoms with Gasteiger partial charge in [0, 0.05) is 17.3 Å². The van der Waals surface area contributed by atoms with Crippen molar-refractivity contribution in [3.05, 3.63) is 53.8 Å². The summed E-state index contributed by atoms with van der Waals surface area (Å²) in [6, 6.07) is 11.5. The summed E-state index contributed by atoms with van der Waals surface area (Å²) in [7, 11) is 0. The fourth-order valence-corrected chi connectivity index (χ4v) is 2.08. The maximum absolute atomic E-state index is 13.0. The lowest BCUT2D eigenvalue weighted by molar-refractivity contribution is 0.317. The zero-order valence-corrected chi connectivity index (χ0v) is 12.3. The molecule has 1 unspecified atom stereocenters. The normalized spacial score (nSPS) is 12.0. The van der Waals surface area contributed by atoms with Crippen LogP contribution in [0.1, 0.15) is 31.9 Å². The van der Waals surface area contributed by atoms with E-state index in [1.54, 1.807) is 6.07 Å². The summed E-state index contributed by atoms with van der Waals surface area (Å²) < 4.78 is 18.5. The lowest BCUT2D eigenvalue weighted by Gasteiger charge is -2.17. The Morgan fingerprint density at radius 3 is 2.52 bits per heavy atom. The van der Waals surface area contributed by atoms with Crippen molar-refractivity contribution in [3.63, 3.8) is 0 Å². The van der Waals surface area contributed by atoms with Crippen LogP contribution in [0.25, 0.3) is 0 Å². The second-order valence-electron chi connectivity index (χ2n) is 4.94. The molecule has 2 rings (SSSR count). The van der Waals surface area contributed by atoms with Crippen molar-refractivity contribution in [2.24, 2.45) is 0 Å². The predicted octanol–water partition coefficient (Wildman–Crippen LogP) is 4.49. The van der Waals surface area contributed by atoms with Crippen molar-refractivity contribution in [1.29, 1.82) is 0 Å². The highest BCUT2D eigenvalue weighted by atomic mass is 19.1. The van der Waals surface area contributed by atoms with Crippen molar-refractivity contribution in [2.45, 2.75) is 26.3 Å². The van der Waals surface area contributed by atoms with Gasteiger partial charge in [0.25, 0.3) is 0 Å². The third-order valence-corrected chi connectivity index (χ3v) is 3.17. The molecule has 0 heterocycles. The molecule has 2 aromatic rings. The zero-order valence-electron chi connectivity index (χ0n) is 12.3. The van der Waals surface area contributed by atoms with Crippen molar-refractivity contribution < 1.29 is 14.2 Å². The molecule has 2 aromatic carbocycles. The van der Waals surface area contributed by atoms with Crippen LogP contribution in [0.15, 0.2) is 42.5 Å². The molecule has 0 aromatic heterocycles. The maximum atomic E-state index is 13.0. The van der Waals surface area contributed by atoms with E-state index in [1.807, 2.05) is 31.2 Å². The fourth-order valence-electron chi connectivity index (χ4n) is 2.08. The molecule has 0 aliphatic heterocycles. The van der Waals surface area contributed by atoms with Crippen LogP contribution < -0.4 is 10.1 Å². The first kappa shape index (κ1) is 15.2. The van der Waals surface area contributed by atoms with E-state index in [1.165, 1.54) is 6.07 Å². The third kappa shape index (κ3) is 4.12. The van der Waals surface area contributed by atoms with Crippen molar-refractivity contribution in [3.8, 4) is 11.5 Å². The summed E-state index contributed by atoms with van der Waals surface area (Å²) in [5.74, 6) is 0.346. The molecule has 0 bridgehead atoms. The number of ether oxygens (including phenoxy) is 1. The number of phenolic OH excluding ortho intramolecular Hbond substituents is 1. The van der Waals surface area contributed by atoms with Crippen LogP contribution in [0.5, 0.6) is 11.5 Å². The summed E-state index contributed by atoms with van der Waals surface area (Å²) in [6.07, 6.45) is 0.973. The Morgan fingerprint density at radius 2 is 1.90 bits per heavy atom. The molecule has 21 heavy (non-hydrogen) atoms. The number of aromatic hydroxyl groups is 1. The molecule has 0 aliphatic carbocycles. The first-order chi connectivity index (χ1) is 10.1. The van der Waals surface area contributed by atoms with Gasteiger partial charge in [0.1, 0.15) is 17.3 Å². The largest absolute Gasteiger partial charge is 0.507 e. The van der Waals surface area contributed by atoms with Gasteiger partial charge in [-0.3, -0.25) is 0 Å². The van der Waals surface area contributed by atoms with Gasteiger partial charge in [-0.1, -0.05) is 13.0 Å². The number of phenols is 1. The average Bonchev–Trinajstić information content (AvgIpc) is 2.46. The van der Waals surface area contributed by atoms with Gasteiger partial charge in [-0.05, 0) is 43.7 Å². The summed E-state index contributed by atoms with van der Waals surface area (Å²) in [6.45, 7) is 4.67. The molecule has 1 atom stereocenters. The number of rotatable bonds is 6. The number of anilines is 1. The average molecular weight is 289 g/mol. The predicted molar refractivity (Wildman–Crippen MR) is 82.3 cm³/mol. The Hall–Kier alpha value is -2.23. The van der Waals surface area contributed by atoms with E-state index in [2.05, 4.69) is 12.2 Å². The Bertz CT molecular complexity index is 584. The molecular formula is C17H20FNO2. The summed E-state index contributed by atoms with van der Waals surface area (Å²) in [4.78, 5) is 0. The molecule has 0 aliphatic rings. The second-order valence-corrected chi connectivity index (χ2v) is 4.94. The molecule has 0 fully saturated rings. The highest BCUT2D eigenvalue weighted by molar-refractivity contribution is 5.49. The standard InChI is InChI=1S/C17H20FNO2/c1-3-10-21-15-7-5-14(6-8-15)19-12(2)16-9-4-13(18)11-17(16)20/h4-9,11-12,19-20H,3,10H2,1-2H3. The van der Waals surface area contributed by atoms with E-state index >= 15 is 0 Å². The van der Waals surface area contributed by atoms with Gasteiger partial charge in [0.2, 0.25) is 0 Å². The third-order valence-electron chi connectivity index (χ3n) is 3.17. The van der Waals surface area contributed by atoms with Gasteiger partial charge in [0.05, 0.1) is 12.6 Å². The van der Waals surface area contributed by atoms with Crippen LogP contribution in [0.3, 0.4) is 0 Å². The maximum Gasteiger partial charge on any atom is 0.126 e. The summed E-state index contributed by atoms with van der Waals surface area (Å²) >= 11 is 0. The quantitative estimate of drug-likeness (QED) is 0.823. The molecule has 0 saturated heterocycles. The van der Waals surface area contributed by atoms with Gasteiger partial charge < -0.3 is 15.2 Å². The highest BCUT2D eigenvalue weighted by Crippen LogP contribution is 2.28. The van der Waals surface area contributed by atoms with Crippen LogP contribution in [-0.4, -0.2) is 11.7 Å². The summed E-state index contributed by atoms with van der Waals surface area (Å²) in [5, 5.41) is 13.0. The fraction of sp³-hybridized carbons (Fsp3) is 0.294. The van der Waals surface area contributed by atoms with Crippen LogP contribution in [-0.2, 0) is 0 Å². The molecular weight excluding hydrogens is 269 g/mol. The zero-order chi connectivity index (χ0) is 15.2. The minimum atomic E-state index is -0.444. The highest BCUT2D eigenvalue weighted by Gasteiger charge is 2.11. The van der Waals surface area contributed by atoms with Crippen molar-refractivity contribution >= 4 is 5.69 Å². The van der Waals surface area contributed by atoms with E-state index in [-0.39, 0.29) is 11.8 Å². The van der Waals surface area contributed by atoms with Crippen molar-refractivity contribution in [1.82, 2.24) is 0 Å². The van der Waals surface area contributed by atoms with Crippen LogP contribution in [0.2, 0.25) is 0 Å². The van der Waals surface area contributed by atoms with Crippen LogP contribution >= 0.6 is 0 Å². The molecule has 2 N–H and O–H groups in total. The summed E-state index contributed by atoms with van der Waals surface area (Å²) in [5.41, 5.74) is 1.57. The first-order valence-corrected chi connectivity index (χ1v) is 7.08. The van der Waals surface area contributed by atoms with E-state index in [4.69, 9.17) is 4.74 Å². The van der Waals surface area contributed by atoms with Crippen LogP contribution in [0.4, 0.5) is 10.1 Å². The van der Waals surface area contributed by atoms with Gasteiger partial charge in [0.15, 0.2) is 0 Å². The van der Waals surface area contributed by atoms with E-state index in [0.717, 1.165) is 23.9 Å². The molecule has 4 heteroatoms. The lowest BCUT2D eigenvalue weighted by atomic mass is 10.1. The SMILES string of the molecule is CCCOc1ccc(NC(C)c2ccc(F)cc2O)cc1. The number of hydrogen-bond donors (Lipinski definition) is 2. The number of benzene rings is 2. The first-order valence-electron chi connectivity index (χ1n) is 7.08. The van der Waals surface area contributed by atoms with Gasteiger partial charge >= 0.3 is 0 Å². The van der Waals surface area contributed by atoms with E-state index < -0.39 is 5.82 Å². The van der Waals surface area contributed by atoms with E-state index in [9.17, 15) is 9.50 Å². The molecule has 0 amide bonds. The number of halogens is 1. The second kappa shape index (κ2) is 6.97. The lowest BCUT2D eigenvalue weighted by Crippen LogP contribution is -2.07. The Balaban J connectivity index is 2.03. The molecule has 0 spiro atoms. The van der Waals surface area contributed by atoms with Gasteiger partial charge in [-0.25, -0.2) is 4.39 Å². The smallest absolute Gasteiger partial charge is 0.126 e. The minimum absolute atomic E-state index is 0.0436. The number of nitrogens with one attached hydrogen (secondary N) is 1. The molecule has 0 saturated carbocycles. The Labute approximate surface area is 124 Å². The minimum Gasteiger partial charge on any atom is -0.507 e. The molecule has 112 valence electrons. The Morgan fingerprint density at radius 1 is 1.19 bits per heavy atom. The molecule has 0 radical (unpaired) electrons. The van der Waals surface area contributed by atoms with Crippen LogP contribution in [0, 0.1) is 5.82 Å². The van der Waals surface area contributed by atoms with Gasteiger partial charge in [-0.2, -0.15) is 0 Å². The van der Waals surface area contributed by atoms with Gasteiger partial charge in [-0.15, -0.1) is 0 Å². The Kier molecular flexibility index (Phi) is 5.04.